The lowest BCUT2D eigenvalue weighted by Gasteiger charge is -2.40. The average Bonchev–Trinajstić information content (AvgIpc) is 3.35. The zero-order valence-electron chi connectivity index (χ0n) is 15.6. The Bertz CT molecular complexity index is 717. The van der Waals surface area contributed by atoms with Crippen LogP contribution in [0.25, 0.3) is 0 Å². The van der Waals surface area contributed by atoms with E-state index in [1.807, 2.05) is 11.9 Å². The first-order valence-corrected chi connectivity index (χ1v) is 10.7. The highest BCUT2D eigenvalue weighted by atomic mass is 32.1. The standard InChI is InChI=1S/C22H28N2OS/c1-23(22(25)9-8-17-10-12-26-16-17)20-7-4-11-24(15-20)21-13-18-5-2-3-6-19(18)14-21/h2-3,5-6,10,12,16,20-21H,4,7-9,11,13-15H2,1H3/t20-/m0/s1. The Morgan fingerprint density at radius 3 is 2.69 bits per heavy atom. The summed E-state index contributed by atoms with van der Waals surface area (Å²) in [6, 6.07) is 12.0. The number of carbonyl (C=O) groups is 1. The van der Waals surface area contributed by atoms with Gasteiger partial charge in [-0.25, -0.2) is 0 Å². The van der Waals surface area contributed by atoms with Gasteiger partial charge in [0.05, 0.1) is 0 Å². The number of aryl methyl sites for hydroxylation is 1. The molecule has 2 aliphatic rings. The first kappa shape index (κ1) is 17.7. The van der Waals surface area contributed by atoms with Crippen molar-refractivity contribution in [3.63, 3.8) is 0 Å². The van der Waals surface area contributed by atoms with Crippen LogP contribution in [0.2, 0.25) is 0 Å². The van der Waals surface area contributed by atoms with E-state index in [1.54, 1.807) is 11.3 Å². The Labute approximate surface area is 160 Å². The number of hydrogen-bond donors (Lipinski definition) is 0. The van der Waals surface area contributed by atoms with Gasteiger partial charge in [-0.05, 0) is 72.2 Å². The summed E-state index contributed by atoms with van der Waals surface area (Å²) in [7, 11) is 2.01. The topological polar surface area (TPSA) is 23.6 Å². The molecule has 1 fully saturated rings. The second-order valence-corrected chi connectivity index (χ2v) is 8.54. The van der Waals surface area contributed by atoms with Crippen LogP contribution in [-0.2, 0) is 24.1 Å². The molecule has 3 nitrogen and oxygen atoms in total. The number of rotatable bonds is 5. The predicted molar refractivity (Wildman–Crippen MR) is 108 cm³/mol. The number of carbonyl (C=O) groups excluding carboxylic acids is 1. The molecule has 2 heterocycles. The van der Waals surface area contributed by atoms with Gasteiger partial charge < -0.3 is 4.90 Å². The van der Waals surface area contributed by atoms with Crippen LogP contribution >= 0.6 is 11.3 Å². The molecule has 4 rings (SSSR count). The Morgan fingerprint density at radius 2 is 2.00 bits per heavy atom. The van der Waals surface area contributed by atoms with Crippen LogP contribution in [0.3, 0.4) is 0 Å². The summed E-state index contributed by atoms with van der Waals surface area (Å²) >= 11 is 1.71. The van der Waals surface area contributed by atoms with Gasteiger partial charge in [0.25, 0.3) is 0 Å². The van der Waals surface area contributed by atoms with Crippen molar-refractivity contribution in [1.82, 2.24) is 9.80 Å². The molecule has 138 valence electrons. The molecular formula is C22H28N2OS. The smallest absolute Gasteiger partial charge is 0.222 e. The average molecular weight is 369 g/mol. The number of amides is 1. The van der Waals surface area contributed by atoms with E-state index in [4.69, 9.17) is 0 Å². The summed E-state index contributed by atoms with van der Waals surface area (Å²) in [5.74, 6) is 0.290. The third-order valence-electron chi connectivity index (χ3n) is 6.12. The van der Waals surface area contributed by atoms with Crippen LogP contribution < -0.4 is 0 Å². The fourth-order valence-corrected chi connectivity index (χ4v) is 5.19. The maximum Gasteiger partial charge on any atom is 0.222 e. The fourth-order valence-electron chi connectivity index (χ4n) is 4.49. The minimum Gasteiger partial charge on any atom is -0.341 e. The molecule has 0 unspecified atom stereocenters. The Hall–Kier alpha value is -1.65. The number of likely N-dealkylation sites (N-methyl/N-ethyl adjacent to an activating group) is 1. The van der Waals surface area contributed by atoms with Crippen LogP contribution in [0.15, 0.2) is 41.1 Å². The van der Waals surface area contributed by atoms with Gasteiger partial charge in [0.15, 0.2) is 0 Å². The first-order chi connectivity index (χ1) is 12.7. The number of thiophene rings is 1. The van der Waals surface area contributed by atoms with Crippen molar-refractivity contribution in [1.29, 1.82) is 0 Å². The quantitative estimate of drug-likeness (QED) is 0.802. The molecule has 0 bridgehead atoms. The van der Waals surface area contributed by atoms with Crippen molar-refractivity contribution < 1.29 is 4.79 Å². The van der Waals surface area contributed by atoms with Gasteiger partial charge in [-0.2, -0.15) is 11.3 Å². The van der Waals surface area contributed by atoms with E-state index in [1.165, 1.54) is 42.5 Å². The monoisotopic (exact) mass is 368 g/mol. The van der Waals surface area contributed by atoms with E-state index in [-0.39, 0.29) is 5.91 Å². The van der Waals surface area contributed by atoms with E-state index >= 15 is 0 Å². The molecule has 1 aliphatic carbocycles. The third kappa shape index (κ3) is 3.86. The number of likely N-dealkylation sites (tertiary alicyclic amines) is 1. The summed E-state index contributed by atoms with van der Waals surface area (Å²) in [5, 5.41) is 4.23. The van der Waals surface area contributed by atoms with Crippen LogP contribution in [0.4, 0.5) is 0 Å². The number of fused-ring (bicyclic) bond motifs is 1. The van der Waals surface area contributed by atoms with E-state index < -0.39 is 0 Å². The second kappa shape index (κ2) is 7.93. The second-order valence-electron chi connectivity index (χ2n) is 7.76. The van der Waals surface area contributed by atoms with Crippen molar-refractivity contribution in [3.8, 4) is 0 Å². The molecule has 2 aromatic rings. The molecule has 0 saturated carbocycles. The molecule has 4 heteroatoms. The minimum atomic E-state index is 0.290. The van der Waals surface area contributed by atoms with Gasteiger partial charge in [0.1, 0.15) is 0 Å². The Balaban J connectivity index is 1.32. The lowest BCUT2D eigenvalue weighted by atomic mass is 10.0. The summed E-state index contributed by atoms with van der Waals surface area (Å²) in [6.07, 6.45) is 6.15. The van der Waals surface area contributed by atoms with Crippen LogP contribution in [-0.4, -0.2) is 47.9 Å². The number of nitrogens with zero attached hydrogens (tertiary/aromatic N) is 2. The first-order valence-electron chi connectivity index (χ1n) is 9.78. The van der Waals surface area contributed by atoms with Gasteiger partial charge in [0.2, 0.25) is 5.91 Å². The van der Waals surface area contributed by atoms with Crippen molar-refractivity contribution in [2.45, 2.75) is 50.6 Å². The molecule has 0 spiro atoms. The molecule has 1 saturated heterocycles. The molecule has 1 aromatic heterocycles. The lowest BCUT2D eigenvalue weighted by molar-refractivity contribution is -0.133. The Kier molecular flexibility index (Phi) is 5.41. The Morgan fingerprint density at radius 1 is 1.23 bits per heavy atom. The van der Waals surface area contributed by atoms with E-state index in [0.29, 0.717) is 18.5 Å². The van der Waals surface area contributed by atoms with Crippen LogP contribution in [0.5, 0.6) is 0 Å². The highest BCUT2D eigenvalue weighted by Gasteiger charge is 2.32. The van der Waals surface area contributed by atoms with Crippen molar-refractivity contribution in [2.24, 2.45) is 0 Å². The number of hydrogen-bond acceptors (Lipinski definition) is 3. The summed E-state index contributed by atoms with van der Waals surface area (Å²) in [5.41, 5.74) is 4.31. The highest BCUT2D eigenvalue weighted by molar-refractivity contribution is 7.07. The predicted octanol–water partition coefficient (Wildman–Crippen LogP) is 3.77. The SMILES string of the molecule is CN(C(=O)CCc1ccsc1)[C@H]1CCCN(C2Cc3ccccc3C2)C1. The zero-order valence-corrected chi connectivity index (χ0v) is 16.4. The fraction of sp³-hybridized carbons (Fsp3) is 0.500. The maximum atomic E-state index is 12.7. The lowest BCUT2D eigenvalue weighted by Crippen LogP contribution is -2.51. The zero-order chi connectivity index (χ0) is 17.9. The van der Waals surface area contributed by atoms with Gasteiger partial charge in [0, 0.05) is 32.1 Å². The van der Waals surface area contributed by atoms with Crippen molar-refractivity contribution in [2.75, 3.05) is 20.1 Å². The molecule has 26 heavy (non-hydrogen) atoms. The molecular weight excluding hydrogens is 340 g/mol. The van der Waals surface area contributed by atoms with Crippen LogP contribution in [0, 0.1) is 0 Å². The summed E-state index contributed by atoms with van der Waals surface area (Å²) < 4.78 is 0. The molecule has 1 atom stereocenters. The van der Waals surface area contributed by atoms with Crippen molar-refractivity contribution >= 4 is 17.2 Å². The highest BCUT2D eigenvalue weighted by Crippen LogP contribution is 2.28. The molecule has 0 radical (unpaired) electrons. The maximum absolute atomic E-state index is 12.7. The molecule has 1 amide bonds. The largest absolute Gasteiger partial charge is 0.341 e. The van der Waals surface area contributed by atoms with Gasteiger partial charge in [-0.3, -0.25) is 9.69 Å². The number of piperidine rings is 1. The molecule has 0 N–H and O–H groups in total. The molecule has 1 aromatic carbocycles. The number of benzene rings is 1. The van der Waals surface area contributed by atoms with E-state index in [9.17, 15) is 4.79 Å². The summed E-state index contributed by atoms with van der Waals surface area (Å²) in [6.45, 7) is 2.20. The van der Waals surface area contributed by atoms with Gasteiger partial charge >= 0.3 is 0 Å². The van der Waals surface area contributed by atoms with E-state index in [0.717, 1.165) is 19.4 Å². The van der Waals surface area contributed by atoms with E-state index in [2.05, 4.69) is 46.0 Å². The van der Waals surface area contributed by atoms with Gasteiger partial charge in [-0.1, -0.05) is 24.3 Å². The molecule has 1 aliphatic heterocycles. The van der Waals surface area contributed by atoms with Crippen LogP contribution in [0.1, 0.15) is 36.0 Å². The van der Waals surface area contributed by atoms with Gasteiger partial charge in [-0.15, -0.1) is 0 Å². The normalized spacial score (nSPS) is 20.9. The third-order valence-corrected chi connectivity index (χ3v) is 6.85. The summed E-state index contributed by atoms with van der Waals surface area (Å²) in [4.78, 5) is 17.3. The van der Waals surface area contributed by atoms with Crippen molar-refractivity contribution in [3.05, 3.63) is 57.8 Å². The minimum absolute atomic E-state index is 0.290.